The van der Waals surface area contributed by atoms with E-state index in [4.69, 9.17) is 9.47 Å². The number of carbonyl (C=O) groups excluding carboxylic acids is 1. The second-order valence-electron chi connectivity index (χ2n) is 11.3. The first kappa shape index (κ1) is 23.9. The van der Waals surface area contributed by atoms with Crippen molar-refractivity contribution in [1.82, 2.24) is 0 Å². The van der Waals surface area contributed by atoms with Crippen LogP contribution in [-0.2, 0) is 14.9 Å². The van der Waals surface area contributed by atoms with Gasteiger partial charge in [0.2, 0.25) is 0 Å². The van der Waals surface area contributed by atoms with Crippen molar-refractivity contribution >= 4 is 11.5 Å². The first-order valence-electron chi connectivity index (χ1n) is 12.2. The van der Waals surface area contributed by atoms with Crippen molar-refractivity contribution in [3.05, 3.63) is 35.4 Å². The van der Waals surface area contributed by atoms with Gasteiger partial charge in [-0.2, -0.15) is 0 Å². The minimum Gasteiger partial charge on any atom is -0.483 e. The lowest BCUT2D eigenvalue weighted by atomic mass is 9.77. The Labute approximate surface area is 189 Å². The maximum absolute atomic E-state index is 12.3. The fourth-order valence-corrected chi connectivity index (χ4v) is 4.83. The topological polar surface area (TPSA) is 35.5 Å². The lowest BCUT2D eigenvalue weighted by Crippen LogP contribution is -2.31. The van der Waals surface area contributed by atoms with E-state index in [1.807, 2.05) is 0 Å². The molecule has 1 aromatic rings. The van der Waals surface area contributed by atoms with Crippen LogP contribution in [0.15, 0.2) is 24.3 Å². The van der Waals surface area contributed by atoms with Gasteiger partial charge >= 0.3 is 5.97 Å². The summed E-state index contributed by atoms with van der Waals surface area (Å²) in [5.41, 5.74) is 3.40. The number of unbranched alkanes of at least 4 members (excludes halogenated alkanes) is 4. The van der Waals surface area contributed by atoms with E-state index in [1.54, 1.807) is 0 Å². The van der Waals surface area contributed by atoms with E-state index in [2.05, 4.69) is 72.7 Å². The number of allylic oxidation sites excluding steroid dienone is 1. The summed E-state index contributed by atoms with van der Waals surface area (Å²) in [6.45, 7) is 15.9. The van der Waals surface area contributed by atoms with Gasteiger partial charge in [-0.05, 0) is 61.3 Å². The van der Waals surface area contributed by atoms with Gasteiger partial charge in [0, 0.05) is 17.4 Å². The van der Waals surface area contributed by atoms with Crippen molar-refractivity contribution in [3.63, 3.8) is 0 Å². The summed E-state index contributed by atoms with van der Waals surface area (Å²) in [7, 11) is 0. The van der Waals surface area contributed by atoms with E-state index in [0.717, 1.165) is 25.0 Å². The smallest absolute Gasteiger partial charge is 0.305 e. The van der Waals surface area contributed by atoms with Gasteiger partial charge in [0.15, 0.2) is 0 Å². The number of ether oxygens (including phenoxy) is 2. The Morgan fingerprint density at radius 2 is 1.84 bits per heavy atom. The highest BCUT2D eigenvalue weighted by atomic mass is 16.5. The van der Waals surface area contributed by atoms with E-state index in [0.29, 0.717) is 18.9 Å². The van der Waals surface area contributed by atoms with Crippen LogP contribution in [0.5, 0.6) is 5.75 Å². The maximum atomic E-state index is 12.3. The average molecular weight is 427 g/mol. The summed E-state index contributed by atoms with van der Waals surface area (Å²) in [4.78, 5) is 12.3. The molecule has 0 aromatic heterocycles. The highest BCUT2D eigenvalue weighted by molar-refractivity contribution is 5.77. The summed E-state index contributed by atoms with van der Waals surface area (Å²) in [6.07, 6.45) is 9.58. The number of fused-ring (bicyclic) bond motifs is 1. The van der Waals surface area contributed by atoms with Gasteiger partial charge in [-0.15, -0.1) is 0 Å². The molecule has 0 spiro atoms. The second kappa shape index (κ2) is 9.00. The van der Waals surface area contributed by atoms with Crippen LogP contribution in [0.1, 0.15) is 105 Å². The third-order valence-electron chi connectivity index (χ3n) is 6.95. The summed E-state index contributed by atoms with van der Waals surface area (Å²) in [5.74, 6) is 1.41. The van der Waals surface area contributed by atoms with Crippen LogP contribution >= 0.6 is 0 Å². The van der Waals surface area contributed by atoms with Crippen molar-refractivity contribution in [2.24, 2.45) is 11.3 Å². The Balaban J connectivity index is 1.71. The van der Waals surface area contributed by atoms with Crippen LogP contribution < -0.4 is 4.74 Å². The van der Waals surface area contributed by atoms with E-state index < -0.39 is 0 Å². The summed E-state index contributed by atoms with van der Waals surface area (Å²) in [6, 6.07) is 6.64. The SMILES string of the molecule is CCCCCCCC(=O)OC[C@]1(c2ccc3c(c2)OC(C)(C)C=C3C(C)(C)C)C[C@@H]1C. The highest BCUT2D eigenvalue weighted by Crippen LogP contribution is 2.56. The zero-order chi connectivity index (χ0) is 22.9. The molecule has 1 aromatic carbocycles. The summed E-state index contributed by atoms with van der Waals surface area (Å²) < 4.78 is 12.1. The van der Waals surface area contributed by atoms with Crippen molar-refractivity contribution in [2.45, 2.75) is 104 Å². The predicted octanol–water partition coefficient (Wildman–Crippen LogP) is 7.47. The summed E-state index contributed by atoms with van der Waals surface area (Å²) in [5, 5.41) is 0. The fourth-order valence-electron chi connectivity index (χ4n) is 4.83. The van der Waals surface area contributed by atoms with Crippen molar-refractivity contribution < 1.29 is 14.3 Å². The largest absolute Gasteiger partial charge is 0.483 e. The molecule has 1 fully saturated rings. The molecule has 2 atom stereocenters. The molecular weight excluding hydrogens is 384 g/mol. The maximum Gasteiger partial charge on any atom is 0.305 e. The minimum atomic E-state index is -0.333. The van der Waals surface area contributed by atoms with Gasteiger partial charge in [0.25, 0.3) is 0 Å². The molecule has 3 heteroatoms. The lowest BCUT2D eigenvalue weighted by Gasteiger charge is -2.36. The third-order valence-corrected chi connectivity index (χ3v) is 6.95. The Morgan fingerprint density at radius 1 is 1.16 bits per heavy atom. The van der Waals surface area contributed by atoms with Crippen LogP contribution in [0.2, 0.25) is 0 Å². The predicted molar refractivity (Wildman–Crippen MR) is 128 cm³/mol. The fraction of sp³-hybridized carbons (Fsp3) is 0.679. The second-order valence-corrected chi connectivity index (χ2v) is 11.3. The molecule has 3 rings (SSSR count). The normalized spacial score (nSPS) is 24.1. The Kier molecular flexibility index (Phi) is 6.93. The molecule has 2 aliphatic rings. The van der Waals surface area contributed by atoms with Crippen molar-refractivity contribution in [1.29, 1.82) is 0 Å². The molecule has 31 heavy (non-hydrogen) atoms. The van der Waals surface area contributed by atoms with E-state index in [9.17, 15) is 4.79 Å². The molecular formula is C28H42O3. The zero-order valence-corrected chi connectivity index (χ0v) is 20.8. The van der Waals surface area contributed by atoms with E-state index >= 15 is 0 Å². The Bertz CT molecular complexity index is 827. The molecule has 1 aliphatic carbocycles. The van der Waals surface area contributed by atoms with Crippen LogP contribution in [0, 0.1) is 11.3 Å². The van der Waals surface area contributed by atoms with Crippen LogP contribution in [0.25, 0.3) is 5.57 Å². The number of rotatable bonds is 9. The molecule has 1 heterocycles. The van der Waals surface area contributed by atoms with Gasteiger partial charge in [0.05, 0.1) is 0 Å². The molecule has 0 N–H and O–H groups in total. The molecule has 1 aliphatic heterocycles. The van der Waals surface area contributed by atoms with Gasteiger partial charge < -0.3 is 9.47 Å². The highest BCUT2D eigenvalue weighted by Gasteiger charge is 2.53. The van der Waals surface area contributed by atoms with Gasteiger partial charge in [-0.3, -0.25) is 4.79 Å². The standard InChI is InChI=1S/C28H42O3/c1-8-9-10-11-12-13-25(29)30-19-28(17-20(28)2)21-14-15-22-23(26(3,4)5)18-27(6,7)31-24(22)16-21/h14-16,18,20H,8-13,17,19H2,1-7H3/t20-,28+/m0/s1. The van der Waals surface area contributed by atoms with Crippen LogP contribution in [0.3, 0.4) is 0 Å². The molecule has 0 amide bonds. The summed E-state index contributed by atoms with van der Waals surface area (Å²) >= 11 is 0. The number of benzene rings is 1. The molecule has 0 bridgehead atoms. The van der Waals surface area contributed by atoms with Crippen molar-refractivity contribution in [3.8, 4) is 5.75 Å². The van der Waals surface area contributed by atoms with Gasteiger partial charge in [0.1, 0.15) is 18.0 Å². The third kappa shape index (κ3) is 5.54. The van der Waals surface area contributed by atoms with Gasteiger partial charge in [-0.1, -0.05) is 72.4 Å². The first-order chi connectivity index (χ1) is 14.5. The minimum absolute atomic E-state index is 0.0501. The number of hydrogen-bond donors (Lipinski definition) is 0. The first-order valence-corrected chi connectivity index (χ1v) is 12.2. The number of carbonyl (C=O) groups is 1. The van der Waals surface area contributed by atoms with E-state index in [1.165, 1.54) is 36.0 Å². The van der Waals surface area contributed by atoms with Crippen molar-refractivity contribution in [2.75, 3.05) is 6.61 Å². The molecule has 1 saturated carbocycles. The Hall–Kier alpha value is -1.77. The van der Waals surface area contributed by atoms with E-state index in [-0.39, 0.29) is 22.4 Å². The molecule has 0 unspecified atom stereocenters. The number of hydrogen-bond acceptors (Lipinski definition) is 3. The zero-order valence-electron chi connectivity index (χ0n) is 20.8. The molecule has 172 valence electrons. The molecule has 3 nitrogen and oxygen atoms in total. The van der Waals surface area contributed by atoms with Gasteiger partial charge in [-0.25, -0.2) is 0 Å². The molecule has 0 radical (unpaired) electrons. The average Bonchev–Trinajstić information content (AvgIpc) is 3.34. The Morgan fingerprint density at radius 3 is 2.45 bits per heavy atom. The monoisotopic (exact) mass is 426 g/mol. The van der Waals surface area contributed by atoms with Crippen LogP contribution in [-0.4, -0.2) is 18.2 Å². The quantitative estimate of drug-likeness (QED) is 0.303. The number of esters is 1. The molecule has 0 saturated heterocycles. The van der Waals surface area contributed by atoms with Crippen LogP contribution in [0.4, 0.5) is 0 Å². The lowest BCUT2D eigenvalue weighted by molar-refractivity contribution is -0.144.